The molecule has 1 aliphatic heterocycles. The molecule has 5 N–H and O–H groups in total. The number of hydrogen-bond acceptors (Lipinski definition) is 6. The average Bonchev–Trinajstić information content (AvgIpc) is 2.70. The van der Waals surface area contributed by atoms with Crippen molar-refractivity contribution in [3.63, 3.8) is 0 Å². The van der Waals surface area contributed by atoms with Gasteiger partial charge in [0.15, 0.2) is 0 Å². The summed E-state index contributed by atoms with van der Waals surface area (Å²) in [5.41, 5.74) is 12.9. The molecule has 1 fully saturated rings. The van der Waals surface area contributed by atoms with Gasteiger partial charge in [0.25, 0.3) is 0 Å². The number of aromatic nitrogens is 2. The second-order valence-electron chi connectivity index (χ2n) is 7.27. The van der Waals surface area contributed by atoms with E-state index in [1.54, 1.807) is 12.1 Å². The Hall–Kier alpha value is -2.64. The Kier molecular flexibility index (Phi) is 5.69. The molecule has 0 aliphatic carbocycles. The summed E-state index contributed by atoms with van der Waals surface area (Å²) in [6.07, 6.45) is 1.96. The van der Waals surface area contributed by atoms with Crippen LogP contribution in [0.5, 0.6) is 5.75 Å². The smallest absolute Gasteiger partial charge is 0.222 e. The Morgan fingerprint density at radius 2 is 1.90 bits per heavy atom. The molecule has 1 aliphatic rings. The topological polar surface area (TPSA) is 99.1 Å². The number of benzene rings is 2. The second-order valence-corrected chi connectivity index (χ2v) is 7.67. The number of nitrogens with two attached hydrogens (primary N) is 2. The summed E-state index contributed by atoms with van der Waals surface area (Å²) in [6.45, 7) is 1.79. The van der Waals surface area contributed by atoms with Crippen LogP contribution in [0, 0.1) is 11.7 Å². The molecule has 1 unspecified atom stereocenters. The van der Waals surface area contributed by atoms with Crippen LogP contribution in [0.3, 0.4) is 0 Å². The molecule has 1 atom stereocenters. The molecular weight excluding hydrogens is 393 g/mol. The number of piperidine rings is 1. The van der Waals surface area contributed by atoms with Gasteiger partial charge in [-0.15, -0.1) is 0 Å². The van der Waals surface area contributed by atoms with Crippen molar-refractivity contribution >= 4 is 34.3 Å². The third kappa shape index (κ3) is 4.21. The summed E-state index contributed by atoms with van der Waals surface area (Å²) in [5, 5.41) is 4.37. The average molecular weight is 416 g/mol. The lowest BCUT2D eigenvalue weighted by atomic mass is 9.88. The van der Waals surface area contributed by atoms with Crippen molar-refractivity contribution in [2.45, 2.75) is 25.4 Å². The molecule has 0 saturated carbocycles. The third-order valence-corrected chi connectivity index (χ3v) is 5.74. The molecule has 4 rings (SSSR count). The lowest BCUT2D eigenvalue weighted by Crippen LogP contribution is -2.38. The Morgan fingerprint density at radius 1 is 1.14 bits per heavy atom. The van der Waals surface area contributed by atoms with Crippen molar-refractivity contribution in [2.75, 3.05) is 24.6 Å². The molecular formula is C21H23ClFN5O. The molecule has 2 heterocycles. The van der Waals surface area contributed by atoms with Gasteiger partial charge in [-0.05, 0) is 56.1 Å². The van der Waals surface area contributed by atoms with Crippen molar-refractivity contribution in [3.05, 3.63) is 52.8 Å². The van der Waals surface area contributed by atoms with Gasteiger partial charge in [0, 0.05) is 17.0 Å². The second kappa shape index (κ2) is 8.39. The Balaban J connectivity index is 1.72. The van der Waals surface area contributed by atoms with Gasteiger partial charge in [0.1, 0.15) is 23.5 Å². The monoisotopic (exact) mass is 415 g/mol. The molecule has 0 amide bonds. The lowest BCUT2D eigenvalue weighted by molar-refractivity contribution is 0.113. The molecule has 1 saturated heterocycles. The third-order valence-electron chi connectivity index (χ3n) is 5.39. The van der Waals surface area contributed by atoms with Crippen LogP contribution in [0.25, 0.3) is 10.9 Å². The highest BCUT2D eigenvalue weighted by Crippen LogP contribution is 2.34. The fourth-order valence-electron chi connectivity index (χ4n) is 3.91. The maximum Gasteiger partial charge on any atom is 0.222 e. The zero-order valence-corrected chi connectivity index (χ0v) is 16.6. The predicted octanol–water partition coefficient (Wildman–Crippen LogP) is 3.58. The number of nitrogens with zero attached hydrogens (tertiary/aromatic N) is 2. The van der Waals surface area contributed by atoms with Gasteiger partial charge in [-0.3, -0.25) is 0 Å². The summed E-state index contributed by atoms with van der Waals surface area (Å²) in [5.74, 6) is 0.860. The molecule has 0 bridgehead atoms. The summed E-state index contributed by atoms with van der Waals surface area (Å²) < 4.78 is 20.9. The van der Waals surface area contributed by atoms with E-state index in [9.17, 15) is 4.39 Å². The first-order chi connectivity index (χ1) is 14.0. The number of halogens is 2. The fraction of sp³-hybridized carbons (Fsp3) is 0.333. The molecule has 1 aromatic heterocycles. The predicted molar refractivity (Wildman–Crippen MR) is 113 cm³/mol. The van der Waals surface area contributed by atoms with Gasteiger partial charge in [0.2, 0.25) is 5.95 Å². The van der Waals surface area contributed by atoms with Crippen molar-refractivity contribution < 1.29 is 9.13 Å². The van der Waals surface area contributed by atoms with E-state index in [0.29, 0.717) is 33.7 Å². The first kappa shape index (κ1) is 19.7. The quantitative estimate of drug-likeness (QED) is 0.589. The molecule has 152 valence electrons. The van der Waals surface area contributed by atoms with E-state index in [1.807, 2.05) is 18.2 Å². The van der Waals surface area contributed by atoms with Crippen molar-refractivity contribution in [1.82, 2.24) is 15.3 Å². The minimum absolute atomic E-state index is 0.111. The Morgan fingerprint density at radius 3 is 2.66 bits per heavy atom. The zero-order valence-electron chi connectivity index (χ0n) is 15.9. The first-order valence-corrected chi connectivity index (χ1v) is 10.0. The number of fused-ring (bicyclic) bond motifs is 1. The molecule has 3 aromatic rings. The molecule has 2 aromatic carbocycles. The molecule has 0 spiro atoms. The summed E-state index contributed by atoms with van der Waals surface area (Å²) >= 11 is 6.29. The van der Waals surface area contributed by atoms with Crippen LogP contribution < -0.4 is 21.5 Å². The van der Waals surface area contributed by atoms with E-state index in [2.05, 4.69) is 15.3 Å². The fourth-order valence-corrected chi connectivity index (χ4v) is 4.15. The highest BCUT2D eigenvalue weighted by Gasteiger charge is 2.28. The number of ether oxygens (including phenoxy) is 1. The SMILES string of the molecule is Nc1nc(N)c2c(OC(Cc3c(F)cccc3Cl)C3CCNCC3)cccc2n1. The van der Waals surface area contributed by atoms with Gasteiger partial charge in [-0.1, -0.05) is 23.7 Å². The van der Waals surface area contributed by atoms with E-state index in [4.69, 9.17) is 27.8 Å². The molecule has 6 nitrogen and oxygen atoms in total. The first-order valence-electron chi connectivity index (χ1n) is 9.65. The van der Waals surface area contributed by atoms with E-state index >= 15 is 0 Å². The van der Waals surface area contributed by atoms with Gasteiger partial charge in [-0.2, -0.15) is 4.98 Å². The van der Waals surface area contributed by atoms with E-state index < -0.39 is 0 Å². The van der Waals surface area contributed by atoms with Crippen molar-refractivity contribution in [1.29, 1.82) is 0 Å². The van der Waals surface area contributed by atoms with Crippen LogP contribution in [-0.2, 0) is 6.42 Å². The lowest BCUT2D eigenvalue weighted by Gasteiger charge is -2.32. The maximum absolute atomic E-state index is 14.5. The largest absolute Gasteiger partial charge is 0.489 e. The van der Waals surface area contributed by atoms with E-state index in [0.717, 1.165) is 25.9 Å². The van der Waals surface area contributed by atoms with Crippen LogP contribution in [0.2, 0.25) is 5.02 Å². The summed E-state index contributed by atoms with van der Waals surface area (Å²) in [6, 6.07) is 10.2. The number of nitrogens with one attached hydrogen (secondary N) is 1. The normalized spacial score (nSPS) is 16.1. The maximum atomic E-state index is 14.5. The molecule has 29 heavy (non-hydrogen) atoms. The number of anilines is 2. The number of nitrogen functional groups attached to an aromatic ring is 2. The molecule has 8 heteroatoms. The minimum atomic E-state index is -0.325. The number of hydrogen-bond donors (Lipinski definition) is 3. The summed E-state index contributed by atoms with van der Waals surface area (Å²) in [7, 11) is 0. The standard InChI is InChI=1S/C21H23ClFN5O/c22-14-3-1-4-15(23)13(14)11-18(12-7-9-26-10-8-12)29-17-6-2-5-16-19(17)20(24)28-21(25)27-16/h1-6,12,18,26H,7-11H2,(H4,24,25,27,28). The highest BCUT2D eigenvalue weighted by atomic mass is 35.5. The van der Waals surface area contributed by atoms with Crippen molar-refractivity contribution in [2.24, 2.45) is 5.92 Å². The van der Waals surface area contributed by atoms with Crippen LogP contribution in [-0.4, -0.2) is 29.2 Å². The minimum Gasteiger partial charge on any atom is -0.489 e. The zero-order chi connectivity index (χ0) is 20.4. The van der Waals surface area contributed by atoms with Crippen LogP contribution in [0.15, 0.2) is 36.4 Å². The van der Waals surface area contributed by atoms with Gasteiger partial charge in [0.05, 0.1) is 10.9 Å². The van der Waals surface area contributed by atoms with Gasteiger partial charge < -0.3 is 21.5 Å². The van der Waals surface area contributed by atoms with E-state index in [-0.39, 0.29) is 29.6 Å². The number of rotatable bonds is 5. The van der Waals surface area contributed by atoms with Gasteiger partial charge >= 0.3 is 0 Å². The van der Waals surface area contributed by atoms with Gasteiger partial charge in [-0.25, -0.2) is 9.37 Å². The Labute approximate surface area is 173 Å². The van der Waals surface area contributed by atoms with Crippen LogP contribution in [0.1, 0.15) is 18.4 Å². The molecule has 0 radical (unpaired) electrons. The Bertz CT molecular complexity index is 1010. The van der Waals surface area contributed by atoms with E-state index in [1.165, 1.54) is 6.07 Å². The highest BCUT2D eigenvalue weighted by molar-refractivity contribution is 6.31. The van der Waals surface area contributed by atoms with Crippen molar-refractivity contribution in [3.8, 4) is 5.75 Å². The summed E-state index contributed by atoms with van der Waals surface area (Å²) in [4.78, 5) is 8.31. The van der Waals surface area contributed by atoms with Crippen LogP contribution >= 0.6 is 11.6 Å². The van der Waals surface area contributed by atoms with Crippen LogP contribution in [0.4, 0.5) is 16.2 Å².